The predicted octanol–water partition coefficient (Wildman–Crippen LogP) is 2.88. The zero-order valence-electron chi connectivity index (χ0n) is 10.8. The van der Waals surface area contributed by atoms with Gasteiger partial charge in [0.25, 0.3) is 0 Å². The van der Waals surface area contributed by atoms with Gasteiger partial charge < -0.3 is 9.84 Å². The monoisotopic (exact) mass is 268 g/mol. The van der Waals surface area contributed by atoms with Gasteiger partial charge in [-0.3, -0.25) is 4.79 Å². The van der Waals surface area contributed by atoms with Crippen LogP contribution in [0.2, 0.25) is 0 Å². The van der Waals surface area contributed by atoms with Gasteiger partial charge in [0.1, 0.15) is 16.9 Å². The van der Waals surface area contributed by atoms with E-state index in [-0.39, 0.29) is 16.9 Å². The number of carbonyl (C=O) groups is 2. The van der Waals surface area contributed by atoms with E-state index in [9.17, 15) is 14.7 Å². The van der Waals surface area contributed by atoms with Crippen LogP contribution in [0.15, 0.2) is 17.0 Å². The second-order valence-corrected chi connectivity index (χ2v) is 5.55. The Morgan fingerprint density at radius 1 is 1.39 bits per heavy atom. The molecule has 0 spiro atoms. The van der Waals surface area contributed by atoms with Crippen molar-refractivity contribution in [3.63, 3.8) is 0 Å². The zero-order valence-corrected chi connectivity index (χ0v) is 11.6. The highest BCUT2D eigenvalue weighted by molar-refractivity contribution is 7.98. The number of phenolic OH excluding ortho intramolecular Hbond substituents is 1. The number of rotatable bonds is 3. The molecule has 0 aromatic heterocycles. The number of esters is 1. The highest BCUT2D eigenvalue weighted by atomic mass is 32.2. The summed E-state index contributed by atoms with van der Waals surface area (Å²) in [5, 5.41) is 9.92. The fourth-order valence-corrected chi connectivity index (χ4v) is 1.97. The smallest absolute Gasteiger partial charge is 0.343 e. The third-order valence-corrected chi connectivity index (χ3v) is 2.90. The molecule has 0 aliphatic heterocycles. The molecular weight excluding hydrogens is 252 g/mol. The van der Waals surface area contributed by atoms with Gasteiger partial charge in [0.15, 0.2) is 6.29 Å². The summed E-state index contributed by atoms with van der Waals surface area (Å²) < 4.78 is 5.22. The van der Waals surface area contributed by atoms with Crippen molar-refractivity contribution in [2.24, 2.45) is 0 Å². The Kier molecular flexibility index (Phi) is 4.40. The van der Waals surface area contributed by atoms with Gasteiger partial charge in [-0.15, -0.1) is 11.8 Å². The molecular formula is C13H16O4S. The number of ether oxygens (including phenoxy) is 1. The number of aromatic hydroxyl groups is 1. The van der Waals surface area contributed by atoms with Crippen LogP contribution in [-0.4, -0.2) is 29.2 Å². The van der Waals surface area contributed by atoms with E-state index in [1.54, 1.807) is 33.1 Å². The average Bonchev–Trinajstić information content (AvgIpc) is 2.25. The van der Waals surface area contributed by atoms with Crippen LogP contribution in [0, 0.1) is 0 Å². The summed E-state index contributed by atoms with van der Waals surface area (Å²) in [7, 11) is 0. The molecule has 0 heterocycles. The van der Waals surface area contributed by atoms with Crippen LogP contribution >= 0.6 is 11.8 Å². The normalized spacial score (nSPS) is 11.1. The largest absolute Gasteiger partial charge is 0.506 e. The summed E-state index contributed by atoms with van der Waals surface area (Å²) in [5.74, 6) is -0.959. The van der Waals surface area contributed by atoms with E-state index < -0.39 is 11.6 Å². The summed E-state index contributed by atoms with van der Waals surface area (Å²) in [4.78, 5) is 23.4. The van der Waals surface area contributed by atoms with Gasteiger partial charge in [-0.05, 0) is 39.2 Å². The van der Waals surface area contributed by atoms with Crippen LogP contribution in [0.5, 0.6) is 5.75 Å². The van der Waals surface area contributed by atoms with E-state index in [0.717, 1.165) is 0 Å². The first-order valence-corrected chi connectivity index (χ1v) is 6.61. The van der Waals surface area contributed by atoms with E-state index in [2.05, 4.69) is 0 Å². The molecule has 0 radical (unpaired) electrons. The highest BCUT2D eigenvalue weighted by Crippen LogP contribution is 2.32. The molecule has 1 rings (SSSR count). The molecule has 0 amide bonds. The maximum absolute atomic E-state index is 12.0. The van der Waals surface area contributed by atoms with Crippen LogP contribution in [-0.2, 0) is 4.74 Å². The van der Waals surface area contributed by atoms with Crippen LogP contribution in [0.1, 0.15) is 41.5 Å². The third-order valence-electron chi connectivity index (χ3n) is 2.12. The van der Waals surface area contributed by atoms with Gasteiger partial charge in [-0.25, -0.2) is 4.79 Å². The molecule has 98 valence electrons. The van der Waals surface area contributed by atoms with Crippen LogP contribution in [0.3, 0.4) is 0 Å². The Morgan fingerprint density at radius 3 is 2.44 bits per heavy atom. The molecule has 0 aliphatic carbocycles. The Labute approximate surface area is 110 Å². The average molecular weight is 268 g/mol. The Morgan fingerprint density at radius 2 is 2.00 bits per heavy atom. The molecule has 5 heteroatoms. The quantitative estimate of drug-likeness (QED) is 0.519. The Balaban J connectivity index is 3.28. The summed E-state index contributed by atoms with van der Waals surface area (Å²) >= 11 is 1.31. The predicted molar refractivity (Wildman–Crippen MR) is 70.4 cm³/mol. The van der Waals surface area contributed by atoms with Crippen molar-refractivity contribution in [3.8, 4) is 5.75 Å². The SMILES string of the molecule is CSc1ccc(C=O)c(O)c1C(=O)OC(C)(C)C. The number of hydrogen-bond donors (Lipinski definition) is 1. The highest BCUT2D eigenvalue weighted by Gasteiger charge is 2.24. The Hall–Kier alpha value is -1.49. The van der Waals surface area contributed by atoms with E-state index in [4.69, 9.17) is 4.74 Å². The molecule has 1 aromatic rings. The molecule has 0 bridgehead atoms. The number of carbonyl (C=O) groups excluding carboxylic acids is 2. The standard InChI is InChI=1S/C13H16O4S/c1-13(2,3)17-12(16)10-9(18-4)6-5-8(7-14)11(10)15/h5-7,15H,1-4H3. The molecule has 0 aliphatic rings. The van der Waals surface area contributed by atoms with Gasteiger partial charge >= 0.3 is 5.97 Å². The number of aldehydes is 1. The van der Waals surface area contributed by atoms with Gasteiger partial charge in [-0.2, -0.15) is 0 Å². The summed E-state index contributed by atoms with van der Waals surface area (Å²) in [5.41, 5.74) is -0.535. The first-order chi connectivity index (χ1) is 8.30. The molecule has 0 unspecified atom stereocenters. The number of phenols is 1. The summed E-state index contributed by atoms with van der Waals surface area (Å²) in [6, 6.07) is 3.09. The van der Waals surface area contributed by atoms with Crippen molar-refractivity contribution in [1.82, 2.24) is 0 Å². The van der Waals surface area contributed by atoms with E-state index >= 15 is 0 Å². The molecule has 1 aromatic carbocycles. The lowest BCUT2D eigenvalue weighted by atomic mass is 10.1. The van der Waals surface area contributed by atoms with Gasteiger partial charge in [0.2, 0.25) is 0 Å². The van der Waals surface area contributed by atoms with Crippen LogP contribution in [0.25, 0.3) is 0 Å². The molecule has 0 atom stereocenters. The zero-order chi connectivity index (χ0) is 13.9. The van der Waals surface area contributed by atoms with Crippen molar-refractivity contribution in [2.75, 3.05) is 6.26 Å². The van der Waals surface area contributed by atoms with Crippen molar-refractivity contribution in [1.29, 1.82) is 0 Å². The first kappa shape index (κ1) is 14.6. The van der Waals surface area contributed by atoms with Crippen molar-refractivity contribution < 1.29 is 19.4 Å². The maximum Gasteiger partial charge on any atom is 0.343 e. The second-order valence-electron chi connectivity index (χ2n) is 4.70. The van der Waals surface area contributed by atoms with Crippen molar-refractivity contribution in [3.05, 3.63) is 23.3 Å². The van der Waals surface area contributed by atoms with E-state index in [0.29, 0.717) is 11.2 Å². The van der Waals surface area contributed by atoms with Gasteiger partial charge in [-0.1, -0.05) is 0 Å². The topological polar surface area (TPSA) is 63.6 Å². The minimum atomic E-state index is -0.656. The fraction of sp³-hybridized carbons (Fsp3) is 0.385. The number of benzene rings is 1. The molecule has 0 saturated heterocycles. The second kappa shape index (κ2) is 5.44. The van der Waals surface area contributed by atoms with Crippen molar-refractivity contribution in [2.45, 2.75) is 31.3 Å². The van der Waals surface area contributed by atoms with E-state index in [1.165, 1.54) is 17.8 Å². The third kappa shape index (κ3) is 3.26. The minimum absolute atomic E-state index is 0.0435. The fourth-order valence-electron chi connectivity index (χ4n) is 1.38. The molecule has 0 fully saturated rings. The molecule has 4 nitrogen and oxygen atoms in total. The van der Waals surface area contributed by atoms with Crippen LogP contribution in [0.4, 0.5) is 0 Å². The van der Waals surface area contributed by atoms with Gasteiger partial charge in [0.05, 0.1) is 5.56 Å². The lowest BCUT2D eigenvalue weighted by Gasteiger charge is -2.21. The van der Waals surface area contributed by atoms with E-state index in [1.807, 2.05) is 0 Å². The lowest BCUT2D eigenvalue weighted by molar-refractivity contribution is 0.00627. The number of hydrogen-bond acceptors (Lipinski definition) is 5. The molecule has 1 N–H and O–H groups in total. The minimum Gasteiger partial charge on any atom is -0.506 e. The molecule has 0 saturated carbocycles. The van der Waals surface area contributed by atoms with Crippen molar-refractivity contribution >= 4 is 24.0 Å². The first-order valence-electron chi connectivity index (χ1n) is 5.38. The lowest BCUT2D eigenvalue weighted by Crippen LogP contribution is -2.24. The van der Waals surface area contributed by atoms with Crippen LogP contribution < -0.4 is 0 Å². The molecule has 18 heavy (non-hydrogen) atoms. The summed E-state index contributed by atoms with van der Waals surface area (Å²) in [6.07, 6.45) is 2.29. The Bertz CT molecular complexity index is 475. The van der Waals surface area contributed by atoms with Gasteiger partial charge in [0, 0.05) is 4.90 Å². The number of thioether (sulfide) groups is 1. The summed E-state index contributed by atoms with van der Waals surface area (Å²) in [6.45, 7) is 5.22. The maximum atomic E-state index is 12.0.